The van der Waals surface area contributed by atoms with Crippen molar-refractivity contribution in [2.24, 2.45) is 5.41 Å². The number of carbonyl (C=O) groups is 3. The van der Waals surface area contributed by atoms with Crippen LogP contribution in [0.5, 0.6) is 5.75 Å². The van der Waals surface area contributed by atoms with Gasteiger partial charge < -0.3 is 26.0 Å². The molecule has 0 radical (unpaired) electrons. The molecule has 5 rings (SSSR count). The first-order valence-corrected chi connectivity index (χ1v) is 14.6. The zero-order valence-electron chi connectivity index (χ0n) is 24.4. The van der Waals surface area contributed by atoms with Crippen LogP contribution in [-0.2, 0) is 19.8 Å². The highest BCUT2D eigenvalue weighted by atomic mass is 35.5. The minimum absolute atomic E-state index is 0.115. The topological polar surface area (TPSA) is 109 Å². The predicted octanol–water partition coefficient (Wildman–Crippen LogP) is 6.49. The van der Waals surface area contributed by atoms with Gasteiger partial charge in [-0.25, -0.2) is 4.39 Å². The lowest BCUT2D eigenvalue weighted by atomic mass is 9.62. The van der Waals surface area contributed by atoms with Crippen LogP contribution in [0.25, 0.3) is 0 Å². The van der Waals surface area contributed by atoms with E-state index in [1.54, 1.807) is 48.5 Å². The van der Waals surface area contributed by atoms with Gasteiger partial charge in [-0.3, -0.25) is 14.4 Å². The first kappa shape index (κ1) is 30.8. The molecule has 1 saturated heterocycles. The Hall–Kier alpha value is -3.66. The summed E-state index contributed by atoms with van der Waals surface area (Å²) >= 11 is 12.6. The molecule has 2 aliphatic rings. The van der Waals surface area contributed by atoms with Crippen molar-refractivity contribution < 1.29 is 23.5 Å². The Morgan fingerprint density at radius 3 is 2.49 bits per heavy atom. The fraction of sp³-hybridized carbons (Fsp3) is 0.344. The van der Waals surface area contributed by atoms with Crippen LogP contribution in [-0.4, -0.2) is 36.9 Å². The van der Waals surface area contributed by atoms with E-state index < -0.39 is 35.1 Å². The summed E-state index contributed by atoms with van der Waals surface area (Å²) in [7, 11) is 1.44. The average molecular weight is 628 g/mol. The first-order valence-electron chi connectivity index (χ1n) is 13.8. The summed E-state index contributed by atoms with van der Waals surface area (Å²) in [4.78, 5) is 40.0. The minimum atomic E-state index is -1.37. The second-order valence-electron chi connectivity index (χ2n) is 12.2. The van der Waals surface area contributed by atoms with E-state index in [9.17, 15) is 14.4 Å². The van der Waals surface area contributed by atoms with E-state index >= 15 is 4.39 Å². The number of benzene rings is 3. The molecule has 4 atom stereocenters. The Morgan fingerprint density at radius 2 is 1.81 bits per heavy atom. The van der Waals surface area contributed by atoms with Gasteiger partial charge in [0.2, 0.25) is 17.7 Å². The van der Waals surface area contributed by atoms with Gasteiger partial charge in [0, 0.05) is 41.3 Å². The van der Waals surface area contributed by atoms with Crippen molar-refractivity contribution in [2.45, 2.75) is 57.5 Å². The summed E-state index contributed by atoms with van der Waals surface area (Å²) in [5, 5.41) is 12.3. The third kappa shape index (κ3) is 5.57. The highest BCUT2D eigenvalue weighted by Crippen LogP contribution is 2.57. The molecule has 3 aromatic carbocycles. The van der Waals surface area contributed by atoms with Crippen LogP contribution in [0.3, 0.4) is 0 Å². The van der Waals surface area contributed by atoms with E-state index in [4.69, 9.17) is 27.9 Å². The predicted molar refractivity (Wildman–Crippen MR) is 167 cm³/mol. The normalized spacial score (nSPS) is 22.7. The molecular weight excluding hydrogens is 594 g/mol. The number of rotatable bonds is 6. The molecule has 1 spiro atoms. The summed E-state index contributed by atoms with van der Waals surface area (Å²) < 4.78 is 21.4. The molecule has 8 nitrogen and oxygen atoms in total. The van der Waals surface area contributed by atoms with Gasteiger partial charge in [0.05, 0.1) is 23.9 Å². The fourth-order valence-corrected chi connectivity index (χ4v) is 6.79. The maximum atomic E-state index is 16.0. The number of halogens is 3. The molecule has 4 N–H and O–H groups in total. The maximum absolute atomic E-state index is 16.0. The number of nitrogens with one attached hydrogen (secondary N) is 4. The van der Waals surface area contributed by atoms with Gasteiger partial charge in [-0.05, 0) is 53.3 Å². The van der Waals surface area contributed by atoms with Gasteiger partial charge in [0.15, 0.2) is 0 Å². The van der Waals surface area contributed by atoms with Crippen molar-refractivity contribution >= 4 is 58.0 Å². The highest BCUT2D eigenvalue weighted by Gasteiger charge is 2.66. The quantitative estimate of drug-likeness (QED) is 0.250. The molecule has 1 fully saturated rings. The number of methoxy groups -OCH3 is 1. The molecule has 3 amide bonds. The van der Waals surface area contributed by atoms with Crippen LogP contribution in [0.1, 0.15) is 51.2 Å². The smallest absolute Gasteiger partial charge is 0.242 e. The SMILES string of the molecule is COc1cc(NC(C)=O)ccc1NC(=O)[C@@H]1N[C@@H](CC(C)(C)C)C2(C(=O)Nc3cc(Cl)ccc32)[C@@H]1c1cccc(Cl)c1F. The van der Waals surface area contributed by atoms with Gasteiger partial charge in [-0.15, -0.1) is 0 Å². The van der Waals surface area contributed by atoms with Crippen LogP contribution in [0, 0.1) is 11.2 Å². The highest BCUT2D eigenvalue weighted by molar-refractivity contribution is 6.31. The molecule has 43 heavy (non-hydrogen) atoms. The largest absolute Gasteiger partial charge is 0.494 e. The minimum Gasteiger partial charge on any atom is -0.494 e. The Balaban J connectivity index is 1.67. The van der Waals surface area contributed by atoms with Crippen molar-refractivity contribution in [2.75, 3.05) is 23.1 Å². The molecule has 2 heterocycles. The molecule has 2 aliphatic heterocycles. The van der Waals surface area contributed by atoms with E-state index in [0.717, 1.165) is 0 Å². The molecule has 0 bridgehead atoms. The van der Waals surface area contributed by atoms with E-state index in [0.29, 0.717) is 39.8 Å². The molecule has 0 aromatic heterocycles. The Morgan fingerprint density at radius 1 is 1.07 bits per heavy atom. The van der Waals surface area contributed by atoms with Crippen molar-refractivity contribution in [3.8, 4) is 5.75 Å². The number of hydrogen-bond donors (Lipinski definition) is 4. The average Bonchev–Trinajstić information content (AvgIpc) is 3.39. The number of ether oxygens (including phenoxy) is 1. The number of amides is 3. The standard InChI is InChI=1S/C32H33Cl2FN4O4/c1-16(40)36-18-10-12-22(24(14-18)43-5)37-29(41)28-26(19-7-6-8-21(34)27(19)35)32(25(39-28)15-31(2,3)4)20-11-9-17(33)13-23(20)38-30(32)42/h6-14,25-26,28,39H,15H2,1-5H3,(H,36,40)(H,37,41)(H,38,42)/t25-,26+,28+,32?/m0/s1. The monoisotopic (exact) mass is 626 g/mol. The summed E-state index contributed by atoms with van der Waals surface area (Å²) in [6.07, 6.45) is 0.486. The molecule has 0 aliphatic carbocycles. The van der Waals surface area contributed by atoms with E-state index in [1.165, 1.54) is 20.1 Å². The summed E-state index contributed by atoms with van der Waals surface area (Å²) in [6.45, 7) is 7.52. The van der Waals surface area contributed by atoms with E-state index in [2.05, 4.69) is 21.3 Å². The molecule has 226 valence electrons. The Labute approximate surface area is 259 Å². The number of carbonyl (C=O) groups excluding carboxylic acids is 3. The van der Waals surface area contributed by atoms with Crippen molar-refractivity contribution in [3.63, 3.8) is 0 Å². The van der Waals surface area contributed by atoms with Crippen LogP contribution in [0.15, 0.2) is 54.6 Å². The lowest BCUT2D eigenvalue weighted by Crippen LogP contribution is -2.49. The second kappa shape index (κ2) is 11.4. The summed E-state index contributed by atoms with van der Waals surface area (Å²) in [6, 6.07) is 12.9. The van der Waals surface area contributed by atoms with Crippen LogP contribution < -0.4 is 26.0 Å². The molecule has 3 aromatic rings. The van der Waals surface area contributed by atoms with Gasteiger partial charge in [0.25, 0.3) is 0 Å². The maximum Gasteiger partial charge on any atom is 0.242 e. The third-order valence-corrected chi connectivity index (χ3v) is 8.53. The number of hydrogen-bond acceptors (Lipinski definition) is 5. The van der Waals surface area contributed by atoms with E-state index in [1.807, 2.05) is 20.8 Å². The molecule has 1 unspecified atom stereocenters. The van der Waals surface area contributed by atoms with Crippen molar-refractivity contribution in [1.29, 1.82) is 0 Å². The van der Waals surface area contributed by atoms with Crippen LogP contribution in [0.4, 0.5) is 21.5 Å². The fourth-order valence-electron chi connectivity index (χ4n) is 6.44. The lowest BCUT2D eigenvalue weighted by molar-refractivity contribution is -0.122. The van der Waals surface area contributed by atoms with Crippen molar-refractivity contribution in [3.05, 3.63) is 81.6 Å². The van der Waals surface area contributed by atoms with Gasteiger partial charge >= 0.3 is 0 Å². The second-order valence-corrected chi connectivity index (χ2v) is 13.0. The van der Waals surface area contributed by atoms with Crippen LogP contribution in [0.2, 0.25) is 10.0 Å². The zero-order valence-corrected chi connectivity index (χ0v) is 25.9. The third-order valence-electron chi connectivity index (χ3n) is 8.00. The lowest BCUT2D eigenvalue weighted by Gasteiger charge is -2.37. The van der Waals surface area contributed by atoms with Gasteiger partial charge in [-0.1, -0.05) is 62.2 Å². The van der Waals surface area contributed by atoms with Crippen LogP contribution >= 0.6 is 23.2 Å². The first-order chi connectivity index (χ1) is 20.3. The molecule has 0 saturated carbocycles. The summed E-state index contributed by atoms with van der Waals surface area (Å²) in [5.41, 5.74) is 0.462. The summed E-state index contributed by atoms with van der Waals surface area (Å²) in [5.74, 6) is -2.50. The number of anilines is 3. The van der Waals surface area contributed by atoms with Crippen molar-refractivity contribution in [1.82, 2.24) is 5.32 Å². The Kier molecular flexibility index (Phi) is 8.19. The van der Waals surface area contributed by atoms with Gasteiger partial charge in [0.1, 0.15) is 17.0 Å². The van der Waals surface area contributed by atoms with Gasteiger partial charge in [-0.2, -0.15) is 0 Å². The molecular formula is C32H33Cl2FN4O4. The number of fused-ring (bicyclic) bond motifs is 2. The molecule has 11 heteroatoms. The van der Waals surface area contributed by atoms with E-state index in [-0.39, 0.29) is 27.8 Å². The Bertz CT molecular complexity index is 1630. The zero-order chi connectivity index (χ0) is 31.3.